The molecular formula is C12H20N4. The molecule has 2 heterocycles. The van der Waals surface area contributed by atoms with E-state index in [-0.39, 0.29) is 0 Å². The summed E-state index contributed by atoms with van der Waals surface area (Å²) in [5, 5.41) is 7.99. The number of hydrogen-bond acceptors (Lipinski definition) is 3. The summed E-state index contributed by atoms with van der Waals surface area (Å²) >= 11 is 0. The van der Waals surface area contributed by atoms with E-state index < -0.39 is 0 Å². The van der Waals surface area contributed by atoms with Crippen LogP contribution in [0.4, 0.5) is 5.69 Å². The highest BCUT2D eigenvalue weighted by atomic mass is 15.3. The Labute approximate surface area is 96.6 Å². The number of piperidine rings is 1. The van der Waals surface area contributed by atoms with Gasteiger partial charge in [0.1, 0.15) is 0 Å². The number of rotatable bonds is 3. The average molecular weight is 220 g/mol. The second-order valence-electron chi connectivity index (χ2n) is 5.19. The van der Waals surface area contributed by atoms with Gasteiger partial charge in [0.05, 0.1) is 17.9 Å². The van der Waals surface area contributed by atoms with Crippen LogP contribution in [0, 0.1) is 0 Å². The van der Waals surface area contributed by atoms with E-state index in [2.05, 4.69) is 33.2 Å². The smallest absolute Gasteiger partial charge is 0.0729 e. The Bertz CT molecular complexity index is 356. The van der Waals surface area contributed by atoms with Gasteiger partial charge in [0.25, 0.3) is 0 Å². The van der Waals surface area contributed by atoms with Crippen molar-refractivity contribution in [2.45, 2.75) is 37.8 Å². The summed E-state index contributed by atoms with van der Waals surface area (Å²) in [4.78, 5) is 2.40. The third kappa shape index (κ3) is 2.21. The molecule has 4 nitrogen and oxygen atoms in total. The monoisotopic (exact) mass is 220 g/mol. The number of aromatic nitrogens is 2. The molecule has 0 radical (unpaired) electrons. The van der Waals surface area contributed by atoms with E-state index in [0.717, 1.165) is 6.54 Å². The van der Waals surface area contributed by atoms with E-state index in [1.807, 2.05) is 6.20 Å². The summed E-state index contributed by atoms with van der Waals surface area (Å²) in [7, 11) is 2.20. The number of hydrogen-bond donors (Lipinski definition) is 1. The molecule has 0 amide bonds. The molecule has 0 aromatic carbocycles. The molecule has 1 aliphatic heterocycles. The minimum absolute atomic E-state index is 0.593. The number of likely N-dealkylation sites (N-methyl/N-ethyl adjacent to an activating group) is 1. The summed E-state index contributed by atoms with van der Waals surface area (Å²) in [5.74, 6) is 0. The van der Waals surface area contributed by atoms with Gasteiger partial charge in [-0.2, -0.15) is 5.10 Å². The summed E-state index contributed by atoms with van der Waals surface area (Å²) in [6.45, 7) is 2.38. The Morgan fingerprint density at radius 2 is 2.25 bits per heavy atom. The van der Waals surface area contributed by atoms with Crippen LogP contribution in [-0.2, 0) is 0 Å². The fourth-order valence-electron chi connectivity index (χ4n) is 2.47. The van der Waals surface area contributed by atoms with E-state index in [9.17, 15) is 0 Å². The number of anilines is 1. The van der Waals surface area contributed by atoms with E-state index in [0.29, 0.717) is 12.1 Å². The van der Waals surface area contributed by atoms with Crippen LogP contribution in [0.2, 0.25) is 0 Å². The molecule has 2 fully saturated rings. The van der Waals surface area contributed by atoms with Gasteiger partial charge in [-0.1, -0.05) is 0 Å². The standard InChI is InChI=1S/C12H20N4/c1-15-6-2-3-10(8-15)14-11-7-13-16(9-11)12-4-5-12/h7,9-10,12,14H,2-6,8H2,1H3/t10-/m1/s1. The molecule has 1 atom stereocenters. The van der Waals surface area contributed by atoms with Crippen molar-refractivity contribution in [3.8, 4) is 0 Å². The first-order valence-corrected chi connectivity index (χ1v) is 6.30. The lowest BCUT2D eigenvalue weighted by Crippen LogP contribution is -2.39. The normalized spacial score (nSPS) is 26.9. The predicted molar refractivity (Wildman–Crippen MR) is 64.6 cm³/mol. The molecule has 1 aromatic rings. The summed E-state index contributed by atoms with van der Waals surface area (Å²) in [5.41, 5.74) is 1.19. The van der Waals surface area contributed by atoms with Crippen LogP contribution in [0.5, 0.6) is 0 Å². The van der Waals surface area contributed by atoms with Crippen LogP contribution in [0.15, 0.2) is 12.4 Å². The maximum Gasteiger partial charge on any atom is 0.0729 e. The SMILES string of the molecule is CN1CCC[C@@H](Nc2cnn(C3CC3)c2)C1. The zero-order chi connectivity index (χ0) is 11.0. The first-order valence-electron chi connectivity index (χ1n) is 6.30. The minimum Gasteiger partial charge on any atom is -0.378 e. The van der Waals surface area contributed by atoms with Gasteiger partial charge < -0.3 is 10.2 Å². The zero-order valence-corrected chi connectivity index (χ0v) is 9.89. The van der Waals surface area contributed by atoms with Gasteiger partial charge in [-0.15, -0.1) is 0 Å². The first-order chi connectivity index (χ1) is 7.81. The van der Waals surface area contributed by atoms with Gasteiger partial charge in [0.15, 0.2) is 0 Å². The largest absolute Gasteiger partial charge is 0.378 e. The lowest BCUT2D eigenvalue weighted by atomic mass is 10.1. The second-order valence-corrected chi connectivity index (χ2v) is 5.19. The van der Waals surface area contributed by atoms with Crippen LogP contribution in [-0.4, -0.2) is 40.9 Å². The van der Waals surface area contributed by atoms with Crippen LogP contribution < -0.4 is 5.32 Å². The van der Waals surface area contributed by atoms with Gasteiger partial charge in [-0.3, -0.25) is 4.68 Å². The van der Waals surface area contributed by atoms with Crippen LogP contribution in [0.25, 0.3) is 0 Å². The maximum atomic E-state index is 4.40. The van der Waals surface area contributed by atoms with Gasteiger partial charge in [0.2, 0.25) is 0 Å². The van der Waals surface area contributed by atoms with Crippen molar-refractivity contribution in [1.82, 2.24) is 14.7 Å². The molecule has 1 saturated heterocycles. The van der Waals surface area contributed by atoms with Crippen molar-refractivity contribution < 1.29 is 0 Å². The molecular weight excluding hydrogens is 200 g/mol. The minimum atomic E-state index is 0.593. The predicted octanol–water partition coefficient (Wildman–Crippen LogP) is 1.72. The molecule has 2 aliphatic rings. The van der Waals surface area contributed by atoms with E-state index in [4.69, 9.17) is 0 Å². The molecule has 0 bridgehead atoms. The van der Waals surface area contributed by atoms with Crippen LogP contribution in [0.3, 0.4) is 0 Å². The van der Waals surface area contributed by atoms with Crippen molar-refractivity contribution in [3.05, 3.63) is 12.4 Å². The van der Waals surface area contributed by atoms with Gasteiger partial charge >= 0.3 is 0 Å². The molecule has 1 N–H and O–H groups in total. The Balaban J connectivity index is 1.59. The zero-order valence-electron chi connectivity index (χ0n) is 9.89. The quantitative estimate of drug-likeness (QED) is 0.842. The lowest BCUT2D eigenvalue weighted by Gasteiger charge is -2.30. The highest BCUT2D eigenvalue weighted by Crippen LogP contribution is 2.34. The van der Waals surface area contributed by atoms with E-state index >= 15 is 0 Å². The summed E-state index contributed by atoms with van der Waals surface area (Å²) < 4.78 is 2.11. The van der Waals surface area contributed by atoms with Gasteiger partial charge in [0, 0.05) is 18.8 Å². The highest BCUT2D eigenvalue weighted by molar-refractivity contribution is 5.39. The number of nitrogens with one attached hydrogen (secondary N) is 1. The van der Waals surface area contributed by atoms with Crippen molar-refractivity contribution in [2.24, 2.45) is 0 Å². The Kier molecular flexibility index (Phi) is 2.59. The molecule has 4 heteroatoms. The molecule has 1 aliphatic carbocycles. The van der Waals surface area contributed by atoms with Crippen molar-refractivity contribution in [3.63, 3.8) is 0 Å². The van der Waals surface area contributed by atoms with Crippen molar-refractivity contribution >= 4 is 5.69 Å². The summed E-state index contributed by atoms with van der Waals surface area (Å²) in [6.07, 6.45) is 9.30. The van der Waals surface area contributed by atoms with Crippen LogP contribution in [0.1, 0.15) is 31.7 Å². The molecule has 0 unspecified atom stereocenters. The number of nitrogens with zero attached hydrogens (tertiary/aromatic N) is 3. The van der Waals surface area contributed by atoms with Gasteiger partial charge in [-0.25, -0.2) is 0 Å². The summed E-state index contributed by atoms with van der Waals surface area (Å²) in [6, 6.07) is 1.28. The number of likely N-dealkylation sites (tertiary alicyclic amines) is 1. The Morgan fingerprint density at radius 1 is 1.38 bits per heavy atom. The second kappa shape index (κ2) is 4.09. The third-order valence-corrected chi connectivity index (χ3v) is 3.52. The fourth-order valence-corrected chi connectivity index (χ4v) is 2.47. The highest BCUT2D eigenvalue weighted by Gasteiger charge is 2.24. The lowest BCUT2D eigenvalue weighted by molar-refractivity contribution is 0.261. The van der Waals surface area contributed by atoms with Gasteiger partial charge in [-0.05, 0) is 39.3 Å². The van der Waals surface area contributed by atoms with E-state index in [1.165, 1.54) is 37.9 Å². The third-order valence-electron chi connectivity index (χ3n) is 3.52. The average Bonchev–Trinajstić information content (AvgIpc) is 3.01. The van der Waals surface area contributed by atoms with Crippen LogP contribution >= 0.6 is 0 Å². The molecule has 1 saturated carbocycles. The molecule has 1 aromatic heterocycles. The molecule has 3 rings (SSSR count). The van der Waals surface area contributed by atoms with Crippen molar-refractivity contribution in [1.29, 1.82) is 0 Å². The fraction of sp³-hybridized carbons (Fsp3) is 0.750. The Hall–Kier alpha value is -1.03. The molecule has 0 spiro atoms. The van der Waals surface area contributed by atoms with E-state index in [1.54, 1.807) is 0 Å². The maximum absolute atomic E-state index is 4.40. The Morgan fingerprint density at radius 3 is 3.00 bits per heavy atom. The first kappa shape index (κ1) is 10.1. The van der Waals surface area contributed by atoms with Crippen molar-refractivity contribution in [2.75, 3.05) is 25.5 Å². The molecule has 16 heavy (non-hydrogen) atoms. The molecule has 88 valence electrons. The topological polar surface area (TPSA) is 33.1 Å².